The molecule has 0 aliphatic carbocycles. The zero-order valence-corrected chi connectivity index (χ0v) is 15.5. The van der Waals surface area contributed by atoms with Crippen LogP contribution in [0, 0.1) is 5.41 Å². The van der Waals surface area contributed by atoms with E-state index < -0.39 is 11.5 Å². The number of amides is 1. The molecule has 1 fully saturated rings. The molecule has 1 amide bonds. The summed E-state index contributed by atoms with van der Waals surface area (Å²) in [7, 11) is 0. The summed E-state index contributed by atoms with van der Waals surface area (Å²) in [5, 5.41) is 24.1. The van der Waals surface area contributed by atoms with Gasteiger partial charge in [0.25, 0.3) is 0 Å². The number of carbonyl (C=O) groups excluding carboxylic acids is 1. The van der Waals surface area contributed by atoms with Crippen molar-refractivity contribution < 1.29 is 19.5 Å². The molecule has 1 saturated heterocycles. The number of hydrogen-bond acceptors (Lipinski definition) is 7. The van der Waals surface area contributed by atoms with E-state index in [1.165, 1.54) is 0 Å². The summed E-state index contributed by atoms with van der Waals surface area (Å²) in [4.78, 5) is 22.6. The van der Waals surface area contributed by atoms with Gasteiger partial charge in [-0.3, -0.25) is 9.78 Å². The Hall–Kier alpha value is -2.32. The smallest absolute Gasteiger partial charge is 0.227 e. The third-order valence-electron chi connectivity index (χ3n) is 5.26. The highest BCUT2D eigenvalue weighted by atomic mass is 16.5. The van der Waals surface area contributed by atoms with Crippen LogP contribution in [0.25, 0.3) is 11.4 Å². The zero-order valence-electron chi connectivity index (χ0n) is 15.5. The summed E-state index contributed by atoms with van der Waals surface area (Å²) in [5.41, 5.74) is 0.186. The molecule has 2 N–H and O–H groups in total. The van der Waals surface area contributed by atoms with Crippen LogP contribution in [0.1, 0.15) is 38.5 Å². The van der Waals surface area contributed by atoms with E-state index in [0.717, 1.165) is 12.0 Å². The predicted molar refractivity (Wildman–Crippen MR) is 97.5 cm³/mol. The lowest BCUT2D eigenvalue weighted by molar-refractivity contribution is -0.142. The first-order valence-corrected chi connectivity index (χ1v) is 9.37. The highest BCUT2D eigenvalue weighted by molar-refractivity contribution is 5.76. The molecule has 146 valence electrons. The van der Waals surface area contributed by atoms with Gasteiger partial charge in [0.15, 0.2) is 0 Å². The number of aromatic nitrogens is 3. The lowest BCUT2D eigenvalue weighted by Gasteiger charge is -2.45. The van der Waals surface area contributed by atoms with Gasteiger partial charge in [-0.05, 0) is 25.0 Å². The molecule has 2 aromatic rings. The minimum absolute atomic E-state index is 0.0283. The van der Waals surface area contributed by atoms with Gasteiger partial charge in [0.2, 0.25) is 17.6 Å². The van der Waals surface area contributed by atoms with Crippen molar-refractivity contribution in [3.05, 3.63) is 30.4 Å². The van der Waals surface area contributed by atoms with Crippen LogP contribution in [-0.4, -0.2) is 61.9 Å². The van der Waals surface area contributed by atoms with Gasteiger partial charge < -0.3 is 19.6 Å². The van der Waals surface area contributed by atoms with E-state index in [-0.39, 0.29) is 18.9 Å². The van der Waals surface area contributed by atoms with Gasteiger partial charge >= 0.3 is 0 Å². The number of likely N-dealkylation sites (tertiary alicyclic amines) is 1. The topological polar surface area (TPSA) is 113 Å². The quantitative estimate of drug-likeness (QED) is 0.754. The summed E-state index contributed by atoms with van der Waals surface area (Å²) in [6, 6.07) is 3.59. The molecular formula is C19H26N4O4. The van der Waals surface area contributed by atoms with Gasteiger partial charge in [0.05, 0.1) is 12.7 Å². The van der Waals surface area contributed by atoms with E-state index in [2.05, 4.69) is 15.1 Å². The Balaban J connectivity index is 1.59. The zero-order chi connectivity index (χ0) is 19.3. The molecule has 0 bridgehead atoms. The van der Waals surface area contributed by atoms with E-state index in [0.29, 0.717) is 44.1 Å². The number of pyridine rings is 1. The maximum absolute atomic E-state index is 12.6. The fourth-order valence-electron chi connectivity index (χ4n) is 3.69. The van der Waals surface area contributed by atoms with Crippen LogP contribution in [0.15, 0.2) is 29.0 Å². The molecule has 27 heavy (non-hydrogen) atoms. The van der Waals surface area contributed by atoms with Crippen LogP contribution < -0.4 is 0 Å². The third-order valence-corrected chi connectivity index (χ3v) is 5.26. The molecule has 2 atom stereocenters. The van der Waals surface area contributed by atoms with Gasteiger partial charge in [0.1, 0.15) is 0 Å². The molecule has 0 unspecified atom stereocenters. The number of aliphatic hydroxyl groups is 2. The van der Waals surface area contributed by atoms with Crippen molar-refractivity contribution in [1.29, 1.82) is 0 Å². The van der Waals surface area contributed by atoms with Crippen molar-refractivity contribution in [1.82, 2.24) is 20.0 Å². The standard InChI is InChI=1S/C19H26N4O4/c1-2-8-19(13-24)12-23(11-7-15(19)25)17(26)4-3-16-21-18(22-27-16)14-5-9-20-10-6-14/h5-6,9-10,15,24-25H,2-4,7-8,11-13H2,1H3/t15-,19-/m0/s1. The second-order valence-electron chi connectivity index (χ2n) is 7.14. The number of aliphatic hydroxyl groups excluding tert-OH is 2. The molecule has 3 heterocycles. The van der Waals surface area contributed by atoms with Gasteiger partial charge in [-0.2, -0.15) is 4.98 Å². The van der Waals surface area contributed by atoms with Crippen LogP contribution in [0.5, 0.6) is 0 Å². The minimum Gasteiger partial charge on any atom is -0.396 e. The Morgan fingerprint density at radius 1 is 1.41 bits per heavy atom. The van der Waals surface area contributed by atoms with Crippen LogP contribution in [0.3, 0.4) is 0 Å². The molecule has 1 aliphatic rings. The summed E-state index contributed by atoms with van der Waals surface area (Å²) in [6.45, 7) is 2.77. The average Bonchev–Trinajstić information content (AvgIpc) is 3.18. The molecule has 8 nitrogen and oxygen atoms in total. The van der Waals surface area contributed by atoms with Crippen LogP contribution in [-0.2, 0) is 11.2 Å². The molecule has 0 spiro atoms. The molecule has 0 radical (unpaired) electrons. The predicted octanol–water partition coefficient (Wildman–Crippen LogP) is 1.44. The highest BCUT2D eigenvalue weighted by Crippen LogP contribution is 2.35. The molecule has 8 heteroatoms. The summed E-state index contributed by atoms with van der Waals surface area (Å²) in [5.74, 6) is 0.858. The molecule has 2 aromatic heterocycles. The van der Waals surface area contributed by atoms with E-state index >= 15 is 0 Å². The first-order valence-electron chi connectivity index (χ1n) is 9.37. The number of aryl methyl sites for hydroxylation is 1. The molecular weight excluding hydrogens is 348 g/mol. The van der Waals surface area contributed by atoms with Crippen molar-refractivity contribution in [2.75, 3.05) is 19.7 Å². The van der Waals surface area contributed by atoms with Crippen molar-refractivity contribution in [2.45, 2.75) is 45.1 Å². The second-order valence-corrected chi connectivity index (χ2v) is 7.14. The van der Waals surface area contributed by atoms with Crippen molar-refractivity contribution in [2.24, 2.45) is 5.41 Å². The van der Waals surface area contributed by atoms with E-state index in [4.69, 9.17) is 4.52 Å². The molecule has 0 saturated carbocycles. The van der Waals surface area contributed by atoms with Gasteiger partial charge in [-0.15, -0.1) is 0 Å². The molecule has 3 rings (SSSR count). The Labute approximate surface area is 158 Å². The first kappa shape index (κ1) is 19.4. The maximum atomic E-state index is 12.6. The molecule has 0 aromatic carbocycles. The highest BCUT2D eigenvalue weighted by Gasteiger charge is 2.42. The van der Waals surface area contributed by atoms with Gasteiger partial charge in [0, 0.05) is 49.3 Å². The number of hydrogen-bond donors (Lipinski definition) is 2. The van der Waals surface area contributed by atoms with Crippen molar-refractivity contribution in [3.8, 4) is 11.4 Å². The Morgan fingerprint density at radius 2 is 2.19 bits per heavy atom. The normalized spacial score (nSPS) is 22.8. The van der Waals surface area contributed by atoms with Crippen LogP contribution in [0.2, 0.25) is 0 Å². The van der Waals surface area contributed by atoms with Crippen molar-refractivity contribution >= 4 is 5.91 Å². The van der Waals surface area contributed by atoms with E-state index in [1.54, 1.807) is 29.4 Å². The second kappa shape index (κ2) is 8.58. The van der Waals surface area contributed by atoms with E-state index in [1.807, 2.05) is 6.92 Å². The van der Waals surface area contributed by atoms with Crippen LogP contribution >= 0.6 is 0 Å². The Bertz CT molecular complexity index is 751. The summed E-state index contributed by atoms with van der Waals surface area (Å²) < 4.78 is 5.24. The Morgan fingerprint density at radius 3 is 2.89 bits per heavy atom. The van der Waals surface area contributed by atoms with Crippen LogP contribution in [0.4, 0.5) is 0 Å². The monoisotopic (exact) mass is 374 g/mol. The maximum Gasteiger partial charge on any atom is 0.227 e. The third kappa shape index (κ3) is 4.33. The minimum atomic E-state index is -0.623. The van der Waals surface area contributed by atoms with Gasteiger partial charge in [-0.25, -0.2) is 0 Å². The largest absolute Gasteiger partial charge is 0.396 e. The fourth-order valence-corrected chi connectivity index (χ4v) is 3.69. The number of rotatable bonds is 7. The van der Waals surface area contributed by atoms with E-state index in [9.17, 15) is 15.0 Å². The first-order chi connectivity index (χ1) is 13.1. The summed E-state index contributed by atoms with van der Waals surface area (Å²) in [6.07, 6.45) is 5.36. The number of piperidine rings is 1. The average molecular weight is 374 g/mol. The van der Waals surface area contributed by atoms with Gasteiger partial charge in [-0.1, -0.05) is 18.5 Å². The SMILES string of the molecule is CCC[C@@]1(CO)CN(C(=O)CCc2nc(-c3ccncc3)no2)CC[C@@H]1O. The van der Waals surface area contributed by atoms with Crippen molar-refractivity contribution in [3.63, 3.8) is 0 Å². The lowest BCUT2D eigenvalue weighted by atomic mass is 9.74. The Kier molecular flexibility index (Phi) is 6.18. The molecule has 1 aliphatic heterocycles. The summed E-state index contributed by atoms with van der Waals surface area (Å²) >= 11 is 0. The number of carbonyl (C=O) groups is 1. The lowest BCUT2D eigenvalue weighted by Crippen LogP contribution is -2.55. The fraction of sp³-hybridized carbons (Fsp3) is 0.579. The number of nitrogens with zero attached hydrogens (tertiary/aromatic N) is 4.